The molecule has 2 N–H and O–H groups in total. The molecule has 0 atom stereocenters. The first-order chi connectivity index (χ1) is 14.0. The summed E-state index contributed by atoms with van der Waals surface area (Å²) in [6, 6.07) is 13.5. The summed E-state index contributed by atoms with van der Waals surface area (Å²) < 4.78 is 10.3. The van der Waals surface area contributed by atoms with Gasteiger partial charge in [0.2, 0.25) is 5.82 Å². The Hall–Kier alpha value is -3.10. The van der Waals surface area contributed by atoms with Gasteiger partial charge >= 0.3 is 11.8 Å². The average Bonchev–Trinajstić information content (AvgIpc) is 3.20. The molecule has 0 aliphatic heterocycles. The third-order valence-corrected chi connectivity index (χ3v) is 4.11. The number of rotatable bonds is 8. The van der Waals surface area contributed by atoms with Crippen LogP contribution in [-0.2, 0) is 4.79 Å². The second-order valence-corrected chi connectivity index (χ2v) is 6.65. The molecule has 10 heteroatoms. The summed E-state index contributed by atoms with van der Waals surface area (Å²) in [5.74, 6) is -0.276. The van der Waals surface area contributed by atoms with Crippen LogP contribution >= 0.6 is 23.2 Å². The third kappa shape index (κ3) is 6.20. The zero-order chi connectivity index (χ0) is 20.6. The highest BCUT2D eigenvalue weighted by molar-refractivity contribution is 6.30. The summed E-state index contributed by atoms with van der Waals surface area (Å²) in [7, 11) is 0. The SMILES string of the molecule is O=C(COc1cccc(Cl)c1)NCCNC(=O)c1nc(-c2ccc(Cl)cc2)no1. The first kappa shape index (κ1) is 20.6. The molecular formula is C19H16Cl2N4O4. The number of amides is 2. The molecule has 0 aliphatic rings. The van der Waals surface area contributed by atoms with Gasteiger partial charge in [-0.3, -0.25) is 9.59 Å². The maximum absolute atomic E-state index is 12.1. The smallest absolute Gasteiger partial charge is 0.316 e. The third-order valence-electron chi connectivity index (χ3n) is 3.62. The number of benzene rings is 2. The van der Waals surface area contributed by atoms with E-state index in [1.807, 2.05) is 0 Å². The summed E-state index contributed by atoms with van der Waals surface area (Å²) in [6.45, 7) is 0.227. The van der Waals surface area contributed by atoms with Crippen LogP contribution in [0.1, 0.15) is 10.7 Å². The highest BCUT2D eigenvalue weighted by Crippen LogP contribution is 2.18. The molecule has 0 aliphatic carbocycles. The van der Waals surface area contributed by atoms with Gasteiger partial charge in [-0.05, 0) is 42.5 Å². The van der Waals surface area contributed by atoms with Gasteiger partial charge in [0.25, 0.3) is 5.91 Å². The number of hydrogen-bond donors (Lipinski definition) is 2. The maximum atomic E-state index is 12.1. The Balaban J connectivity index is 1.38. The fourth-order valence-electron chi connectivity index (χ4n) is 2.24. The van der Waals surface area contributed by atoms with Crippen LogP contribution in [0.5, 0.6) is 5.75 Å². The van der Waals surface area contributed by atoms with E-state index >= 15 is 0 Å². The van der Waals surface area contributed by atoms with Crippen molar-refractivity contribution in [3.63, 3.8) is 0 Å². The molecule has 0 unspecified atom stereocenters. The van der Waals surface area contributed by atoms with Crippen molar-refractivity contribution >= 4 is 35.0 Å². The molecule has 0 spiro atoms. The molecule has 29 heavy (non-hydrogen) atoms. The zero-order valence-electron chi connectivity index (χ0n) is 15.0. The van der Waals surface area contributed by atoms with Crippen molar-refractivity contribution in [1.29, 1.82) is 0 Å². The van der Waals surface area contributed by atoms with Gasteiger partial charge in [0, 0.05) is 28.7 Å². The van der Waals surface area contributed by atoms with Crippen molar-refractivity contribution in [2.24, 2.45) is 0 Å². The van der Waals surface area contributed by atoms with Gasteiger partial charge < -0.3 is 19.9 Å². The van der Waals surface area contributed by atoms with Crippen LogP contribution in [0.4, 0.5) is 0 Å². The lowest BCUT2D eigenvalue weighted by molar-refractivity contribution is -0.123. The van der Waals surface area contributed by atoms with Crippen molar-refractivity contribution in [3.05, 3.63) is 64.5 Å². The number of halogens is 2. The molecule has 150 valence electrons. The monoisotopic (exact) mass is 434 g/mol. The van der Waals surface area contributed by atoms with E-state index in [0.717, 1.165) is 0 Å². The van der Waals surface area contributed by atoms with Crippen molar-refractivity contribution in [2.75, 3.05) is 19.7 Å². The second-order valence-electron chi connectivity index (χ2n) is 5.78. The molecule has 3 rings (SSSR count). The standard InChI is InChI=1S/C19H16Cl2N4O4/c20-13-6-4-12(5-7-13)17-24-19(29-25-17)18(27)23-9-8-22-16(26)11-28-15-3-1-2-14(21)10-15/h1-7,10H,8-9,11H2,(H,22,26)(H,23,27). The average molecular weight is 435 g/mol. The van der Waals surface area contributed by atoms with Gasteiger partial charge in [0.05, 0.1) is 0 Å². The molecule has 2 aromatic carbocycles. The molecule has 1 heterocycles. The Morgan fingerprint density at radius 3 is 2.52 bits per heavy atom. The van der Waals surface area contributed by atoms with Gasteiger partial charge in [-0.1, -0.05) is 34.4 Å². The highest BCUT2D eigenvalue weighted by atomic mass is 35.5. The van der Waals surface area contributed by atoms with Gasteiger partial charge in [-0.25, -0.2) is 0 Å². The van der Waals surface area contributed by atoms with Crippen LogP contribution < -0.4 is 15.4 Å². The maximum Gasteiger partial charge on any atom is 0.316 e. The summed E-state index contributed by atoms with van der Waals surface area (Å²) in [4.78, 5) is 27.9. The fraction of sp³-hybridized carbons (Fsp3) is 0.158. The van der Waals surface area contributed by atoms with Crippen LogP contribution in [0, 0.1) is 0 Å². The van der Waals surface area contributed by atoms with E-state index in [4.69, 9.17) is 32.5 Å². The van der Waals surface area contributed by atoms with E-state index in [9.17, 15) is 9.59 Å². The number of hydrogen-bond acceptors (Lipinski definition) is 6. The number of nitrogens with zero attached hydrogens (tertiary/aromatic N) is 2. The summed E-state index contributed by atoms with van der Waals surface area (Å²) in [5, 5.41) is 10.1. The van der Waals surface area contributed by atoms with E-state index in [1.165, 1.54) is 0 Å². The molecule has 0 saturated carbocycles. The lowest BCUT2D eigenvalue weighted by atomic mass is 10.2. The van der Waals surface area contributed by atoms with Crippen LogP contribution in [-0.4, -0.2) is 41.7 Å². The van der Waals surface area contributed by atoms with Crippen molar-refractivity contribution in [3.8, 4) is 17.1 Å². The molecule has 2 amide bonds. The number of ether oxygens (including phenoxy) is 1. The predicted molar refractivity (Wildman–Crippen MR) is 107 cm³/mol. The second kappa shape index (κ2) is 9.90. The van der Waals surface area contributed by atoms with E-state index in [-0.39, 0.29) is 37.3 Å². The van der Waals surface area contributed by atoms with Crippen LogP contribution in [0.15, 0.2) is 53.1 Å². The van der Waals surface area contributed by atoms with E-state index in [0.29, 0.717) is 21.4 Å². The Morgan fingerprint density at radius 1 is 1.00 bits per heavy atom. The minimum atomic E-state index is -0.540. The summed E-state index contributed by atoms with van der Waals surface area (Å²) in [6.07, 6.45) is 0. The van der Waals surface area contributed by atoms with Gasteiger partial charge in [0.1, 0.15) is 5.75 Å². The highest BCUT2D eigenvalue weighted by Gasteiger charge is 2.15. The van der Waals surface area contributed by atoms with Gasteiger partial charge in [0.15, 0.2) is 6.61 Å². The minimum Gasteiger partial charge on any atom is -0.484 e. The van der Waals surface area contributed by atoms with E-state index in [2.05, 4.69) is 20.8 Å². The van der Waals surface area contributed by atoms with Gasteiger partial charge in [-0.15, -0.1) is 0 Å². The minimum absolute atomic E-state index is 0.164. The van der Waals surface area contributed by atoms with Crippen LogP contribution in [0.25, 0.3) is 11.4 Å². The number of aromatic nitrogens is 2. The lowest BCUT2D eigenvalue weighted by Gasteiger charge is -2.08. The van der Waals surface area contributed by atoms with Crippen molar-refractivity contribution in [1.82, 2.24) is 20.8 Å². The first-order valence-corrected chi connectivity index (χ1v) is 9.30. The van der Waals surface area contributed by atoms with Crippen LogP contribution in [0.2, 0.25) is 10.0 Å². The molecule has 0 bridgehead atoms. The van der Waals surface area contributed by atoms with Crippen molar-refractivity contribution in [2.45, 2.75) is 0 Å². The van der Waals surface area contributed by atoms with E-state index in [1.54, 1.807) is 48.5 Å². The number of carbonyl (C=O) groups is 2. The van der Waals surface area contributed by atoms with Crippen LogP contribution in [0.3, 0.4) is 0 Å². The lowest BCUT2D eigenvalue weighted by Crippen LogP contribution is -2.36. The van der Waals surface area contributed by atoms with Crippen molar-refractivity contribution < 1.29 is 18.8 Å². The molecule has 1 aromatic heterocycles. The number of carbonyl (C=O) groups excluding carboxylic acids is 2. The fourth-order valence-corrected chi connectivity index (χ4v) is 2.55. The Kier molecular flexibility index (Phi) is 7.04. The zero-order valence-corrected chi connectivity index (χ0v) is 16.5. The molecule has 0 saturated heterocycles. The van der Waals surface area contributed by atoms with E-state index < -0.39 is 5.91 Å². The first-order valence-electron chi connectivity index (χ1n) is 8.54. The molecule has 0 radical (unpaired) electrons. The Labute approximate surface area is 176 Å². The Morgan fingerprint density at radius 2 is 1.76 bits per heavy atom. The topological polar surface area (TPSA) is 106 Å². The van der Waals surface area contributed by atoms with Gasteiger partial charge in [-0.2, -0.15) is 4.98 Å². The summed E-state index contributed by atoms with van der Waals surface area (Å²) >= 11 is 11.7. The predicted octanol–water partition coefficient (Wildman–Crippen LogP) is 2.97. The molecular weight excluding hydrogens is 419 g/mol. The molecule has 3 aromatic rings. The molecule has 0 fully saturated rings. The largest absolute Gasteiger partial charge is 0.484 e. The normalized spacial score (nSPS) is 10.4. The summed E-state index contributed by atoms with van der Waals surface area (Å²) in [5.41, 5.74) is 0.671. The number of nitrogens with one attached hydrogen (secondary N) is 2. The molecule has 8 nitrogen and oxygen atoms in total. The quantitative estimate of drug-likeness (QED) is 0.527. The Bertz CT molecular complexity index is 992.